The maximum Gasteiger partial charge on any atom is 0.315 e. The highest BCUT2D eigenvalue weighted by Gasteiger charge is 2.41. The van der Waals surface area contributed by atoms with Crippen molar-refractivity contribution in [2.75, 3.05) is 6.61 Å². The van der Waals surface area contributed by atoms with Crippen LogP contribution in [0.25, 0.3) is 0 Å². The Morgan fingerprint density at radius 3 is 2.95 bits per heavy atom. The predicted octanol–water partition coefficient (Wildman–Crippen LogP) is 2.68. The molecule has 0 aliphatic carbocycles. The fourth-order valence-electron chi connectivity index (χ4n) is 2.28. The van der Waals surface area contributed by atoms with Gasteiger partial charge in [0.1, 0.15) is 16.7 Å². The summed E-state index contributed by atoms with van der Waals surface area (Å²) in [7, 11) is 0. The summed E-state index contributed by atoms with van der Waals surface area (Å²) in [6.45, 7) is 3.73. The number of thiol groups is 1. The van der Waals surface area contributed by atoms with Gasteiger partial charge in [-0.15, -0.1) is 12.6 Å². The Balaban J connectivity index is 2.52. The first kappa shape index (κ1) is 14.4. The smallest absolute Gasteiger partial charge is 0.315 e. The zero-order valence-corrected chi connectivity index (χ0v) is 12.1. The van der Waals surface area contributed by atoms with E-state index >= 15 is 0 Å². The molecule has 0 radical (unpaired) electrons. The summed E-state index contributed by atoms with van der Waals surface area (Å²) >= 11 is 4.22. The Labute approximate surface area is 122 Å². The van der Waals surface area contributed by atoms with E-state index in [9.17, 15) is 10.1 Å². The number of carbonyl (C=O) groups excluding carboxylic acids is 1. The van der Waals surface area contributed by atoms with Crippen LogP contribution in [0.3, 0.4) is 0 Å². The van der Waals surface area contributed by atoms with Gasteiger partial charge in [-0.3, -0.25) is 4.79 Å². The summed E-state index contributed by atoms with van der Waals surface area (Å²) in [5.41, 5.74) is 0.876. The van der Waals surface area contributed by atoms with E-state index in [1.807, 2.05) is 0 Å². The maximum absolute atomic E-state index is 12.2. The van der Waals surface area contributed by atoms with Gasteiger partial charge in [-0.1, -0.05) is 0 Å². The molecule has 5 nitrogen and oxygen atoms in total. The number of allylic oxidation sites excluding steroid dienone is 1. The van der Waals surface area contributed by atoms with Crippen LogP contribution in [-0.2, 0) is 9.53 Å². The number of ether oxygens (including phenoxy) is 1. The molecule has 2 heterocycles. The number of nitrogens with zero attached hydrogens (tertiary/aromatic N) is 2. The SMILES string of the molecule is CCOC(=O)C1C(C)=NC(S)=C(C#N)[C@@H]1c1ccco1. The first-order valence-corrected chi connectivity index (χ1v) is 6.63. The summed E-state index contributed by atoms with van der Waals surface area (Å²) in [6.07, 6.45) is 1.51. The van der Waals surface area contributed by atoms with Crippen molar-refractivity contribution in [1.29, 1.82) is 5.26 Å². The lowest BCUT2D eigenvalue weighted by molar-refractivity contribution is -0.146. The van der Waals surface area contributed by atoms with Crippen molar-refractivity contribution < 1.29 is 13.9 Å². The average Bonchev–Trinajstić information content (AvgIpc) is 2.91. The van der Waals surface area contributed by atoms with Crippen LogP contribution >= 0.6 is 12.6 Å². The quantitative estimate of drug-likeness (QED) is 0.686. The Morgan fingerprint density at radius 2 is 2.40 bits per heavy atom. The highest BCUT2D eigenvalue weighted by Crippen LogP contribution is 2.40. The van der Waals surface area contributed by atoms with Gasteiger partial charge in [0, 0.05) is 5.71 Å². The van der Waals surface area contributed by atoms with Gasteiger partial charge in [-0.25, -0.2) is 4.99 Å². The highest BCUT2D eigenvalue weighted by molar-refractivity contribution is 7.84. The number of nitriles is 1. The molecule has 1 aliphatic rings. The third kappa shape index (κ3) is 2.49. The monoisotopic (exact) mass is 290 g/mol. The molecule has 20 heavy (non-hydrogen) atoms. The molecule has 1 aliphatic heterocycles. The van der Waals surface area contributed by atoms with Crippen molar-refractivity contribution in [2.45, 2.75) is 19.8 Å². The number of rotatable bonds is 3. The second-order valence-electron chi connectivity index (χ2n) is 4.33. The van der Waals surface area contributed by atoms with E-state index in [4.69, 9.17) is 9.15 Å². The van der Waals surface area contributed by atoms with Gasteiger partial charge < -0.3 is 9.15 Å². The number of furan rings is 1. The van der Waals surface area contributed by atoms with Crippen LogP contribution in [0, 0.1) is 17.2 Å². The van der Waals surface area contributed by atoms with Crippen molar-refractivity contribution in [3.63, 3.8) is 0 Å². The van der Waals surface area contributed by atoms with Gasteiger partial charge in [0.05, 0.1) is 30.4 Å². The summed E-state index contributed by atoms with van der Waals surface area (Å²) in [5, 5.41) is 9.64. The number of hydrogen-bond donors (Lipinski definition) is 1. The van der Waals surface area contributed by atoms with Crippen LogP contribution in [-0.4, -0.2) is 18.3 Å². The van der Waals surface area contributed by atoms with Crippen molar-refractivity contribution in [1.82, 2.24) is 0 Å². The van der Waals surface area contributed by atoms with E-state index in [1.54, 1.807) is 26.0 Å². The molecular weight excluding hydrogens is 276 g/mol. The normalized spacial score (nSPS) is 22.2. The average molecular weight is 290 g/mol. The maximum atomic E-state index is 12.2. The third-order valence-electron chi connectivity index (χ3n) is 3.13. The third-order valence-corrected chi connectivity index (χ3v) is 3.47. The number of esters is 1. The fourth-order valence-corrected chi connectivity index (χ4v) is 2.62. The molecule has 0 saturated carbocycles. The summed E-state index contributed by atoms with van der Waals surface area (Å²) < 4.78 is 10.5. The molecule has 1 aromatic rings. The Morgan fingerprint density at radius 1 is 1.65 bits per heavy atom. The van der Waals surface area contributed by atoms with Crippen molar-refractivity contribution >= 4 is 24.3 Å². The van der Waals surface area contributed by atoms with Crippen molar-refractivity contribution in [3.8, 4) is 6.07 Å². The van der Waals surface area contributed by atoms with Gasteiger partial charge in [-0.05, 0) is 26.0 Å². The van der Waals surface area contributed by atoms with Gasteiger partial charge in [-0.2, -0.15) is 5.26 Å². The minimum Gasteiger partial charge on any atom is -0.469 e. The minimum atomic E-state index is -0.661. The van der Waals surface area contributed by atoms with E-state index in [2.05, 4.69) is 23.7 Å². The van der Waals surface area contributed by atoms with Crippen LogP contribution in [0.15, 0.2) is 38.4 Å². The molecule has 1 unspecified atom stereocenters. The van der Waals surface area contributed by atoms with Gasteiger partial charge in [0.15, 0.2) is 0 Å². The Bertz CT molecular complexity index is 611. The molecule has 2 atom stereocenters. The zero-order chi connectivity index (χ0) is 14.7. The van der Waals surface area contributed by atoms with Crippen LogP contribution in [0.5, 0.6) is 0 Å². The summed E-state index contributed by atoms with van der Waals surface area (Å²) in [6, 6.07) is 5.51. The summed E-state index contributed by atoms with van der Waals surface area (Å²) in [5.74, 6) is -1.09. The van der Waals surface area contributed by atoms with Gasteiger partial charge >= 0.3 is 5.97 Å². The summed E-state index contributed by atoms with van der Waals surface area (Å²) in [4.78, 5) is 16.4. The van der Waals surface area contributed by atoms with E-state index in [-0.39, 0.29) is 6.61 Å². The molecule has 0 fully saturated rings. The molecular formula is C14H14N2O3S. The number of hydrogen-bond acceptors (Lipinski definition) is 6. The lowest BCUT2D eigenvalue weighted by atomic mass is 9.80. The van der Waals surface area contributed by atoms with E-state index in [0.29, 0.717) is 22.1 Å². The largest absolute Gasteiger partial charge is 0.469 e. The molecule has 6 heteroatoms. The van der Waals surface area contributed by atoms with Crippen LogP contribution in [0.4, 0.5) is 0 Å². The van der Waals surface area contributed by atoms with Crippen molar-refractivity contribution in [2.24, 2.45) is 10.9 Å². The number of aliphatic imine (C=N–C) groups is 1. The lowest BCUT2D eigenvalue weighted by Crippen LogP contribution is -2.33. The first-order valence-electron chi connectivity index (χ1n) is 6.18. The second-order valence-corrected chi connectivity index (χ2v) is 4.75. The molecule has 0 spiro atoms. The van der Waals surface area contributed by atoms with E-state index in [1.165, 1.54) is 6.26 Å². The molecule has 104 valence electrons. The van der Waals surface area contributed by atoms with Crippen LogP contribution < -0.4 is 0 Å². The van der Waals surface area contributed by atoms with Crippen LogP contribution in [0.1, 0.15) is 25.5 Å². The van der Waals surface area contributed by atoms with E-state index < -0.39 is 17.8 Å². The van der Waals surface area contributed by atoms with Gasteiger partial charge in [0.25, 0.3) is 0 Å². The molecule has 0 amide bonds. The van der Waals surface area contributed by atoms with E-state index in [0.717, 1.165) is 0 Å². The molecule has 0 saturated heterocycles. The molecule has 0 bridgehead atoms. The first-order chi connectivity index (χ1) is 9.60. The predicted molar refractivity (Wildman–Crippen MR) is 76.3 cm³/mol. The lowest BCUT2D eigenvalue weighted by Gasteiger charge is -2.27. The highest BCUT2D eigenvalue weighted by atomic mass is 32.1. The fraction of sp³-hybridized carbons (Fsp3) is 0.357. The topological polar surface area (TPSA) is 75.6 Å². The minimum absolute atomic E-state index is 0.271. The van der Waals surface area contributed by atoms with Crippen LogP contribution in [0.2, 0.25) is 0 Å². The molecule has 2 rings (SSSR count). The Kier molecular flexibility index (Phi) is 4.30. The Hall–Kier alpha value is -2.00. The van der Waals surface area contributed by atoms with Gasteiger partial charge in [0.2, 0.25) is 0 Å². The zero-order valence-electron chi connectivity index (χ0n) is 11.2. The second kappa shape index (κ2) is 5.97. The molecule has 0 N–H and O–H groups in total. The van der Waals surface area contributed by atoms with Crippen molar-refractivity contribution in [3.05, 3.63) is 34.8 Å². The molecule has 0 aromatic carbocycles. The standard InChI is InChI=1S/C14H14N2O3S/c1-3-18-14(17)11-8(2)16-13(20)9(7-15)12(11)10-5-4-6-19-10/h4-6,11-12,20H,3H2,1-2H3/t11?,12-/m1/s1. The molecule has 1 aromatic heterocycles. The number of carbonyl (C=O) groups is 1.